The van der Waals surface area contributed by atoms with Crippen LogP contribution in [0.2, 0.25) is 0 Å². The van der Waals surface area contributed by atoms with Crippen molar-refractivity contribution in [2.75, 3.05) is 0 Å². The number of benzene rings is 1. The highest BCUT2D eigenvalue weighted by molar-refractivity contribution is 6.00. The molecule has 0 bridgehead atoms. The molecule has 0 fully saturated rings. The largest absolute Gasteiger partial charge is 0.504 e. The quantitative estimate of drug-likeness (QED) is 0.167. The smallest absolute Gasteiger partial charge is 0.201 e. The Hall–Kier alpha value is -1.71. The molecular weight excluding hydrogens is 352 g/mol. The second-order valence-electron chi connectivity index (χ2n) is 8.28. The molecule has 4 heteroatoms. The molecule has 0 amide bonds. The molecule has 1 rings (SSSR count). The molecule has 0 aliphatic carbocycles. The van der Waals surface area contributed by atoms with E-state index in [0.717, 1.165) is 19.3 Å². The lowest BCUT2D eigenvalue weighted by molar-refractivity contribution is 0.0975. The summed E-state index contributed by atoms with van der Waals surface area (Å²) >= 11 is 0. The normalized spacial score (nSPS) is 11.3. The number of hydrogen-bond acceptors (Lipinski definition) is 4. The summed E-state index contributed by atoms with van der Waals surface area (Å²) in [6.45, 7) is 5.98. The zero-order valence-electron chi connectivity index (χ0n) is 18.1. The first-order chi connectivity index (χ1) is 13.4. The van der Waals surface area contributed by atoms with Gasteiger partial charge < -0.3 is 15.3 Å². The summed E-state index contributed by atoms with van der Waals surface area (Å²) in [5, 5.41) is 29.8. The van der Waals surface area contributed by atoms with Gasteiger partial charge in [-0.15, -0.1) is 0 Å². The molecule has 0 heterocycles. The lowest BCUT2D eigenvalue weighted by Crippen LogP contribution is -2.02. The van der Waals surface area contributed by atoms with Crippen LogP contribution in [0, 0.1) is 0 Å². The summed E-state index contributed by atoms with van der Waals surface area (Å²) in [5.41, 5.74) is 0.593. The monoisotopic (exact) mass is 392 g/mol. The van der Waals surface area contributed by atoms with E-state index in [2.05, 4.69) is 6.92 Å². The predicted octanol–water partition coefficient (Wildman–Crippen LogP) is 7.20. The molecule has 0 unspecified atom stereocenters. The fourth-order valence-electron chi connectivity index (χ4n) is 3.58. The first kappa shape index (κ1) is 24.3. The van der Waals surface area contributed by atoms with E-state index in [-0.39, 0.29) is 23.0 Å². The van der Waals surface area contributed by atoms with Gasteiger partial charge in [0, 0.05) is 12.0 Å². The lowest BCUT2D eigenvalue weighted by atomic mass is 9.94. The van der Waals surface area contributed by atoms with Crippen molar-refractivity contribution < 1.29 is 20.1 Å². The van der Waals surface area contributed by atoms with Crippen molar-refractivity contribution in [1.29, 1.82) is 0 Å². The maximum Gasteiger partial charge on any atom is 0.201 e. The highest BCUT2D eigenvalue weighted by atomic mass is 16.3. The summed E-state index contributed by atoms with van der Waals surface area (Å²) in [6, 6.07) is 1.51. The number of rotatable bonds is 15. The second kappa shape index (κ2) is 13.5. The van der Waals surface area contributed by atoms with E-state index < -0.39 is 11.5 Å². The zero-order valence-corrected chi connectivity index (χ0v) is 18.1. The number of unbranched alkanes of at least 4 members (excludes halogenated alkanes) is 11. The van der Waals surface area contributed by atoms with E-state index in [1.165, 1.54) is 63.9 Å². The average Bonchev–Trinajstić information content (AvgIpc) is 2.66. The van der Waals surface area contributed by atoms with Crippen molar-refractivity contribution in [2.24, 2.45) is 0 Å². The minimum absolute atomic E-state index is 0.0512. The van der Waals surface area contributed by atoms with Crippen molar-refractivity contribution in [3.8, 4) is 17.2 Å². The summed E-state index contributed by atoms with van der Waals surface area (Å²) < 4.78 is 0. The van der Waals surface area contributed by atoms with Crippen molar-refractivity contribution >= 4 is 5.78 Å². The number of carbonyl (C=O) groups is 1. The Morgan fingerprint density at radius 1 is 0.750 bits per heavy atom. The van der Waals surface area contributed by atoms with Gasteiger partial charge in [-0.2, -0.15) is 0 Å². The van der Waals surface area contributed by atoms with Crippen LogP contribution in [0.3, 0.4) is 0 Å². The van der Waals surface area contributed by atoms with Crippen molar-refractivity contribution in [1.82, 2.24) is 0 Å². The Kier molecular flexibility index (Phi) is 11.7. The fraction of sp³-hybridized carbons (Fsp3) is 0.708. The van der Waals surface area contributed by atoms with Crippen LogP contribution in [0.4, 0.5) is 0 Å². The van der Waals surface area contributed by atoms with Crippen LogP contribution in [0.1, 0.15) is 126 Å². The Labute approximate surface area is 171 Å². The summed E-state index contributed by atoms with van der Waals surface area (Å²) in [6.07, 6.45) is 15.2. The Bertz CT molecular complexity index is 593. The van der Waals surface area contributed by atoms with Gasteiger partial charge in [-0.3, -0.25) is 4.79 Å². The molecule has 160 valence electrons. The van der Waals surface area contributed by atoms with Gasteiger partial charge in [0.1, 0.15) is 0 Å². The van der Waals surface area contributed by atoms with Crippen molar-refractivity contribution in [3.63, 3.8) is 0 Å². The van der Waals surface area contributed by atoms with Crippen molar-refractivity contribution in [3.05, 3.63) is 17.2 Å². The van der Waals surface area contributed by atoms with Crippen molar-refractivity contribution in [2.45, 2.75) is 110 Å². The number of ketones is 1. The Morgan fingerprint density at radius 3 is 1.68 bits per heavy atom. The van der Waals surface area contributed by atoms with Crippen LogP contribution in [0.5, 0.6) is 17.2 Å². The van der Waals surface area contributed by atoms with E-state index in [1.54, 1.807) is 0 Å². The molecule has 0 saturated heterocycles. The maximum absolute atomic E-state index is 12.4. The molecule has 0 radical (unpaired) electrons. The van der Waals surface area contributed by atoms with Gasteiger partial charge in [0.05, 0.1) is 5.56 Å². The molecule has 0 aliphatic heterocycles. The first-order valence-corrected chi connectivity index (χ1v) is 11.2. The molecule has 4 nitrogen and oxygen atoms in total. The van der Waals surface area contributed by atoms with E-state index in [9.17, 15) is 20.1 Å². The average molecular weight is 393 g/mol. The predicted molar refractivity (Wildman–Crippen MR) is 116 cm³/mol. The molecule has 1 aromatic rings. The molecule has 28 heavy (non-hydrogen) atoms. The topological polar surface area (TPSA) is 77.8 Å². The van der Waals surface area contributed by atoms with Crippen LogP contribution in [-0.4, -0.2) is 21.1 Å². The molecule has 1 aromatic carbocycles. The highest BCUT2D eigenvalue weighted by Gasteiger charge is 2.22. The third-order valence-corrected chi connectivity index (χ3v) is 5.46. The number of hydrogen-bond donors (Lipinski definition) is 3. The van der Waals surface area contributed by atoms with Crippen LogP contribution < -0.4 is 0 Å². The molecule has 0 aromatic heterocycles. The van der Waals surface area contributed by atoms with Gasteiger partial charge in [-0.1, -0.05) is 91.4 Å². The first-order valence-electron chi connectivity index (χ1n) is 11.2. The molecule has 0 aliphatic rings. The van der Waals surface area contributed by atoms with Gasteiger partial charge in [-0.05, 0) is 18.4 Å². The van der Waals surface area contributed by atoms with Crippen LogP contribution in [0.15, 0.2) is 6.07 Å². The molecule has 0 spiro atoms. The van der Waals surface area contributed by atoms with E-state index in [1.807, 2.05) is 13.8 Å². The Morgan fingerprint density at radius 2 is 1.21 bits per heavy atom. The van der Waals surface area contributed by atoms with Gasteiger partial charge >= 0.3 is 0 Å². The standard InChI is InChI=1S/C24H40O4/c1-4-5-6-7-8-9-10-11-12-13-14-15-16-21(25)20-17-19(18(2)3)22(26)24(28)23(20)27/h17-18,26-28H,4-16H2,1-3H3. The third-order valence-electron chi connectivity index (χ3n) is 5.46. The van der Waals surface area contributed by atoms with E-state index >= 15 is 0 Å². The minimum atomic E-state index is -0.593. The van der Waals surface area contributed by atoms with Gasteiger partial charge in [-0.25, -0.2) is 0 Å². The number of Topliss-reactive ketones (excluding diaryl/α,β-unsaturated/α-hetero) is 1. The molecular formula is C24H40O4. The summed E-state index contributed by atoms with van der Waals surface area (Å²) in [7, 11) is 0. The number of phenolic OH excluding ortho intramolecular Hbond substituents is 3. The van der Waals surface area contributed by atoms with Crippen LogP contribution >= 0.6 is 0 Å². The maximum atomic E-state index is 12.4. The van der Waals surface area contributed by atoms with E-state index in [0.29, 0.717) is 12.0 Å². The second-order valence-corrected chi connectivity index (χ2v) is 8.28. The highest BCUT2D eigenvalue weighted by Crippen LogP contribution is 2.43. The number of phenols is 3. The number of carbonyl (C=O) groups excluding carboxylic acids is 1. The van der Waals surface area contributed by atoms with Gasteiger partial charge in [0.15, 0.2) is 17.3 Å². The Balaban J connectivity index is 2.26. The number of aromatic hydroxyl groups is 3. The SMILES string of the molecule is CCCCCCCCCCCCCCC(=O)c1cc(C(C)C)c(O)c(O)c1O. The molecule has 0 saturated carbocycles. The fourth-order valence-corrected chi connectivity index (χ4v) is 3.58. The minimum Gasteiger partial charge on any atom is -0.504 e. The van der Waals surface area contributed by atoms with Crippen LogP contribution in [-0.2, 0) is 0 Å². The summed E-state index contributed by atoms with van der Waals surface area (Å²) in [5.74, 6) is -1.67. The van der Waals surface area contributed by atoms with Gasteiger partial charge in [0.25, 0.3) is 0 Å². The summed E-state index contributed by atoms with van der Waals surface area (Å²) in [4.78, 5) is 12.4. The van der Waals surface area contributed by atoms with E-state index in [4.69, 9.17) is 0 Å². The third kappa shape index (κ3) is 8.12. The van der Waals surface area contributed by atoms with Crippen LogP contribution in [0.25, 0.3) is 0 Å². The molecule has 0 atom stereocenters. The van der Waals surface area contributed by atoms with Gasteiger partial charge in [0.2, 0.25) is 5.75 Å². The zero-order chi connectivity index (χ0) is 20.9. The molecule has 3 N–H and O–H groups in total. The lowest BCUT2D eigenvalue weighted by Gasteiger charge is -2.14.